The molecule has 34 heavy (non-hydrogen) atoms. The molecule has 0 unspecified atom stereocenters. The number of carboxylic acids is 1. The zero-order chi connectivity index (χ0) is 24.6. The van der Waals surface area contributed by atoms with E-state index in [-0.39, 0.29) is 38.4 Å². The number of hydrogen-bond acceptors (Lipinski definition) is 5. The third-order valence-corrected chi connectivity index (χ3v) is 5.68. The Labute approximate surface area is 206 Å². The highest BCUT2D eigenvalue weighted by Crippen LogP contribution is 2.14. The second kappa shape index (κ2) is 25.7. The first kappa shape index (κ1) is 34.2. The fourth-order valence-corrected chi connectivity index (χ4v) is 3.73. The minimum absolute atomic E-state index is 0. The molecule has 0 saturated heterocycles. The number of aliphatic hydroxyl groups is 1. The van der Waals surface area contributed by atoms with E-state index < -0.39 is 11.9 Å². The topological polar surface area (TPSA) is 141 Å². The number of carbonyl (C=O) groups excluding carboxylic acids is 2. The van der Waals surface area contributed by atoms with E-state index in [0.29, 0.717) is 12.5 Å². The second-order valence-electron chi connectivity index (χ2n) is 8.64. The number of unbranched alkanes of at least 4 members (excludes halogenated alkanes) is 14. The summed E-state index contributed by atoms with van der Waals surface area (Å²) in [7, 11) is 0. The fraction of sp³-hybridized carbons (Fsp3) is 0.808. The first-order valence-electron chi connectivity index (χ1n) is 13.0. The van der Waals surface area contributed by atoms with Crippen molar-refractivity contribution in [3.63, 3.8) is 0 Å². The summed E-state index contributed by atoms with van der Waals surface area (Å²) >= 11 is 0. The molecule has 8 nitrogen and oxygen atoms in total. The minimum atomic E-state index is -1.23. The summed E-state index contributed by atoms with van der Waals surface area (Å²) in [6, 6.07) is 0. The molecule has 0 heterocycles. The monoisotopic (exact) mass is 487 g/mol. The Morgan fingerprint density at radius 1 is 0.735 bits per heavy atom. The second-order valence-corrected chi connectivity index (χ2v) is 8.64. The van der Waals surface area contributed by atoms with E-state index in [1.807, 2.05) is 0 Å². The van der Waals surface area contributed by atoms with E-state index in [0.717, 1.165) is 25.3 Å². The fourth-order valence-electron chi connectivity index (χ4n) is 3.73. The lowest BCUT2D eigenvalue weighted by Crippen LogP contribution is -2.36. The van der Waals surface area contributed by atoms with Crippen LogP contribution in [0.3, 0.4) is 0 Å². The van der Waals surface area contributed by atoms with Gasteiger partial charge in [0.15, 0.2) is 0 Å². The first-order valence-corrected chi connectivity index (χ1v) is 13.0. The molecule has 0 aliphatic rings. The van der Waals surface area contributed by atoms with E-state index in [2.05, 4.69) is 6.92 Å². The van der Waals surface area contributed by atoms with E-state index in [9.17, 15) is 14.4 Å². The van der Waals surface area contributed by atoms with E-state index >= 15 is 0 Å². The Morgan fingerprint density at radius 2 is 1.21 bits per heavy atom. The summed E-state index contributed by atoms with van der Waals surface area (Å²) in [5, 5.41) is 17.6. The molecule has 0 fully saturated rings. The van der Waals surface area contributed by atoms with Gasteiger partial charge in [-0.1, -0.05) is 96.8 Å². The van der Waals surface area contributed by atoms with Crippen LogP contribution in [0.1, 0.15) is 110 Å². The van der Waals surface area contributed by atoms with Crippen molar-refractivity contribution in [3.05, 3.63) is 12.2 Å². The number of carbonyl (C=O) groups is 3. The molecule has 0 aromatic rings. The maximum Gasteiger partial charge on any atom is 0.331 e. The van der Waals surface area contributed by atoms with Crippen LogP contribution in [0.4, 0.5) is 0 Å². The van der Waals surface area contributed by atoms with Crippen LogP contribution < -0.4 is 6.15 Å². The average Bonchev–Trinajstić information content (AvgIpc) is 2.79. The van der Waals surface area contributed by atoms with Gasteiger partial charge in [-0.3, -0.25) is 4.79 Å². The molecule has 0 atom stereocenters. The maximum absolute atomic E-state index is 12.3. The molecule has 0 spiro atoms. The molecule has 0 aliphatic heterocycles. The van der Waals surface area contributed by atoms with Gasteiger partial charge in [0.2, 0.25) is 5.91 Å². The smallest absolute Gasteiger partial charge is 0.331 e. The third kappa shape index (κ3) is 23.2. The van der Waals surface area contributed by atoms with Gasteiger partial charge >= 0.3 is 11.9 Å². The zero-order valence-electron chi connectivity index (χ0n) is 21.8. The van der Waals surface area contributed by atoms with Crippen LogP contribution in [0.2, 0.25) is 0 Å². The number of aliphatic carboxylic acids is 1. The van der Waals surface area contributed by atoms with Crippen LogP contribution in [-0.2, 0) is 19.1 Å². The quantitative estimate of drug-likeness (QED) is 0.0969. The third-order valence-electron chi connectivity index (χ3n) is 5.68. The van der Waals surface area contributed by atoms with Gasteiger partial charge in [0, 0.05) is 25.1 Å². The van der Waals surface area contributed by atoms with Crippen LogP contribution in [0.5, 0.6) is 0 Å². The molecule has 0 radical (unpaired) electrons. The number of aliphatic hydroxyl groups excluding tert-OH is 1. The highest BCUT2D eigenvalue weighted by molar-refractivity contribution is 5.90. The van der Waals surface area contributed by atoms with Crippen molar-refractivity contribution < 1.29 is 29.3 Å². The molecule has 0 bridgehead atoms. The Morgan fingerprint density at radius 3 is 1.65 bits per heavy atom. The summed E-state index contributed by atoms with van der Waals surface area (Å²) in [5.74, 6) is -2.06. The maximum atomic E-state index is 12.3. The Bertz CT molecular complexity index is 539. The van der Waals surface area contributed by atoms with Crippen LogP contribution in [0.15, 0.2) is 12.2 Å². The number of carboxylic acid groups (broad SMARTS) is 1. The van der Waals surface area contributed by atoms with Gasteiger partial charge in [-0.15, -0.1) is 0 Å². The van der Waals surface area contributed by atoms with Crippen molar-refractivity contribution in [2.75, 3.05) is 26.3 Å². The summed E-state index contributed by atoms with van der Waals surface area (Å²) < 4.78 is 4.89. The number of quaternary nitrogens is 1. The Balaban J connectivity index is 0. The molecule has 0 aromatic heterocycles. The number of amides is 1. The van der Waals surface area contributed by atoms with Crippen molar-refractivity contribution in [1.29, 1.82) is 0 Å². The zero-order valence-corrected chi connectivity index (χ0v) is 21.8. The predicted octanol–water partition coefficient (Wildman–Crippen LogP) is 5.63. The van der Waals surface area contributed by atoms with Gasteiger partial charge in [-0.05, 0) is 6.42 Å². The lowest BCUT2D eigenvalue weighted by atomic mass is 10.0. The van der Waals surface area contributed by atoms with Crippen molar-refractivity contribution in [2.24, 2.45) is 0 Å². The molecule has 8 heteroatoms. The van der Waals surface area contributed by atoms with Crippen molar-refractivity contribution in [1.82, 2.24) is 11.1 Å². The molecule has 6 N–H and O–H groups in total. The first-order chi connectivity index (χ1) is 16.0. The van der Waals surface area contributed by atoms with E-state index in [1.54, 1.807) is 0 Å². The van der Waals surface area contributed by atoms with Crippen LogP contribution in [0.25, 0.3) is 0 Å². The van der Waals surface area contributed by atoms with Gasteiger partial charge in [-0.2, -0.15) is 0 Å². The van der Waals surface area contributed by atoms with Gasteiger partial charge in [0.1, 0.15) is 6.61 Å². The molecular weight excluding hydrogens is 436 g/mol. The normalized spacial score (nSPS) is 10.8. The molecule has 200 valence electrons. The Kier molecular flexibility index (Phi) is 25.9. The number of rotatable bonds is 23. The number of hydrogen-bond donors (Lipinski definition) is 3. The predicted molar refractivity (Wildman–Crippen MR) is 137 cm³/mol. The SMILES string of the molecule is CCCCCCCCCCCCCCCCCC(=O)N(CCO)CCOC(=O)/C=C\C(=O)O.[NH4+]. The standard InChI is InChI=1S/C26H47NO6.H3N/c1-2-3-4-5-6-7-8-9-10-11-12-13-14-15-16-17-24(29)27(20-22-28)21-23-33-26(32)19-18-25(30)31;/h18-19,28H,2-17,20-23H2,1H3,(H,30,31);1H3/p+1/b19-18-;. The molecule has 0 aromatic carbocycles. The van der Waals surface area contributed by atoms with Gasteiger partial charge in [-0.25, -0.2) is 9.59 Å². The van der Waals surface area contributed by atoms with Crippen LogP contribution in [-0.4, -0.2) is 59.3 Å². The molecular formula is C26H51N2O6+. The highest BCUT2D eigenvalue weighted by atomic mass is 16.5. The molecule has 0 rings (SSSR count). The van der Waals surface area contributed by atoms with Crippen molar-refractivity contribution in [3.8, 4) is 0 Å². The summed E-state index contributed by atoms with van der Waals surface area (Å²) in [5.41, 5.74) is 0. The van der Waals surface area contributed by atoms with Crippen LogP contribution in [0, 0.1) is 0 Å². The molecule has 0 saturated carbocycles. The lowest BCUT2D eigenvalue weighted by molar-refractivity contribution is -0.141. The summed E-state index contributed by atoms with van der Waals surface area (Å²) in [4.78, 5) is 35.6. The summed E-state index contributed by atoms with van der Waals surface area (Å²) in [6.45, 7) is 2.44. The average molecular weight is 488 g/mol. The van der Waals surface area contributed by atoms with Crippen molar-refractivity contribution >= 4 is 17.8 Å². The highest BCUT2D eigenvalue weighted by Gasteiger charge is 2.13. The number of nitrogens with zero attached hydrogens (tertiary/aromatic N) is 1. The van der Waals surface area contributed by atoms with Crippen LogP contribution >= 0.6 is 0 Å². The minimum Gasteiger partial charge on any atom is -0.478 e. The molecule has 1 amide bonds. The lowest BCUT2D eigenvalue weighted by Gasteiger charge is -2.21. The van der Waals surface area contributed by atoms with Gasteiger partial charge < -0.3 is 26.0 Å². The van der Waals surface area contributed by atoms with E-state index in [4.69, 9.17) is 14.9 Å². The molecule has 0 aliphatic carbocycles. The largest absolute Gasteiger partial charge is 0.478 e. The van der Waals surface area contributed by atoms with E-state index in [1.165, 1.54) is 81.9 Å². The van der Waals surface area contributed by atoms with Crippen molar-refractivity contribution in [2.45, 2.75) is 110 Å². The number of esters is 1. The van der Waals surface area contributed by atoms with Gasteiger partial charge in [0.05, 0.1) is 13.2 Å². The Hall–Kier alpha value is -1.93. The number of ether oxygens (including phenoxy) is 1. The van der Waals surface area contributed by atoms with Gasteiger partial charge in [0.25, 0.3) is 0 Å². The summed E-state index contributed by atoms with van der Waals surface area (Å²) in [6.07, 6.45) is 21.0.